The third kappa shape index (κ3) is 3.64. The zero-order valence-electron chi connectivity index (χ0n) is 11.7. The van der Waals surface area contributed by atoms with Crippen molar-refractivity contribution in [2.45, 2.75) is 25.3 Å². The normalized spacial score (nSPS) is 16.0. The van der Waals surface area contributed by atoms with E-state index in [-0.39, 0.29) is 5.91 Å². The van der Waals surface area contributed by atoms with Crippen LogP contribution in [0.4, 0.5) is 0 Å². The largest absolute Gasteiger partial charge is 0.350 e. The highest BCUT2D eigenvalue weighted by Gasteiger charge is 2.18. The van der Waals surface area contributed by atoms with Gasteiger partial charge in [0.25, 0.3) is 5.91 Å². The molecule has 2 N–H and O–H groups in total. The van der Waals surface area contributed by atoms with Gasteiger partial charge in [-0.3, -0.25) is 4.79 Å². The number of carbonyl (C=O) groups excluding carboxylic acids is 1. The highest BCUT2D eigenvalue weighted by atomic mass is 32.1. The molecule has 0 aliphatic carbocycles. The number of amides is 1. The molecule has 3 heterocycles. The van der Waals surface area contributed by atoms with Crippen LogP contribution >= 0.6 is 11.3 Å². The van der Waals surface area contributed by atoms with Gasteiger partial charge in [0.1, 0.15) is 0 Å². The molecule has 1 saturated heterocycles. The summed E-state index contributed by atoms with van der Waals surface area (Å²) in [5, 5.41) is 16.2. The zero-order valence-corrected chi connectivity index (χ0v) is 12.5. The minimum absolute atomic E-state index is 0.176. The van der Waals surface area contributed by atoms with E-state index >= 15 is 0 Å². The summed E-state index contributed by atoms with van der Waals surface area (Å²) in [6.45, 7) is 2.53. The number of thiazole rings is 1. The third-order valence-corrected chi connectivity index (χ3v) is 4.21. The van der Waals surface area contributed by atoms with Crippen molar-refractivity contribution in [3.63, 3.8) is 0 Å². The van der Waals surface area contributed by atoms with E-state index < -0.39 is 0 Å². The maximum absolute atomic E-state index is 12.0. The summed E-state index contributed by atoms with van der Waals surface area (Å²) in [5.41, 5.74) is 3.17. The molecule has 0 spiro atoms. The number of piperidine rings is 1. The number of hydrogen-bond acceptors (Lipinski definition) is 6. The number of hydrogen-bond donors (Lipinski definition) is 2. The molecule has 0 unspecified atom stereocenters. The second-order valence-electron chi connectivity index (χ2n) is 5.05. The van der Waals surface area contributed by atoms with Crippen molar-refractivity contribution in [2.75, 3.05) is 19.6 Å². The van der Waals surface area contributed by atoms with Crippen molar-refractivity contribution in [1.82, 2.24) is 30.6 Å². The molecule has 3 rings (SSSR count). The van der Waals surface area contributed by atoms with Crippen LogP contribution in [0.5, 0.6) is 0 Å². The molecule has 1 fully saturated rings. The Kier molecular flexibility index (Phi) is 4.56. The average Bonchev–Trinajstić information content (AvgIpc) is 3.20. The van der Waals surface area contributed by atoms with Gasteiger partial charge in [0.05, 0.1) is 23.4 Å². The van der Waals surface area contributed by atoms with E-state index in [0.29, 0.717) is 18.3 Å². The van der Waals surface area contributed by atoms with Gasteiger partial charge in [-0.2, -0.15) is 0 Å². The van der Waals surface area contributed by atoms with Crippen LogP contribution in [0.3, 0.4) is 0 Å². The van der Waals surface area contributed by atoms with E-state index in [0.717, 1.165) is 38.0 Å². The molecule has 0 radical (unpaired) electrons. The first-order chi connectivity index (χ1) is 10.3. The molecular formula is C13H18N6OS. The Morgan fingerprint density at radius 3 is 3.10 bits per heavy atom. The van der Waals surface area contributed by atoms with Crippen molar-refractivity contribution in [3.8, 4) is 0 Å². The number of carbonyl (C=O) groups is 1. The van der Waals surface area contributed by atoms with Crippen LogP contribution in [0, 0.1) is 0 Å². The first-order valence-corrected chi connectivity index (χ1v) is 8.05. The van der Waals surface area contributed by atoms with Gasteiger partial charge >= 0.3 is 0 Å². The summed E-state index contributed by atoms with van der Waals surface area (Å²) >= 11 is 1.56. The van der Waals surface area contributed by atoms with Crippen LogP contribution in [-0.4, -0.2) is 45.5 Å². The van der Waals surface area contributed by atoms with Crippen LogP contribution < -0.4 is 10.6 Å². The Bertz CT molecular complexity index is 575. The van der Waals surface area contributed by atoms with E-state index in [1.165, 1.54) is 0 Å². The SMILES string of the molecule is O=C(NCCc1cscn1)c1cn(C2CCNCC2)nn1. The van der Waals surface area contributed by atoms with E-state index in [4.69, 9.17) is 0 Å². The van der Waals surface area contributed by atoms with Crippen LogP contribution in [0.25, 0.3) is 0 Å². The first-order valence-electron chi connectivity index (χ1n) is 7.11. The predicted molar refractivity (Wildman–Crippen MR) is 79.3 cm³/mol. The molecule has 112 valence electrons. The molecule has 0 bridgehead atoms. The predicted octanol–water partition coefficient (Wildman–Crippen LogP) is 0.632. The van der Waals surface area contributed by atoms with Gasteiger partial charge in [-0.05, 0) is 25.9 Å². The Morgan fingerprint density at radius 2 is 2.33 bits per heavy atom. The van der Waals surface area contributed by atoms with Crippen molar-refractivity contribution in [1.29, 1.82) is 0 Å². The summed E-state index contributed by atoms with van der Waals surface area (Å²) in [6.07, 6.45) is 4.52. The molecule has 1 amide bonds. The minimum Gasteiger partial charge on any atom is -0.350 e. The monoisotopic (exact) mass is 306 g/mol. The smallest absolute Gasteiger partial charge is 0.273 e. The summed E-state index contributed by atoms with van der Waals surface area (Å²) < 4.78 is 1.82. The summed E-state index contributed by atoms with van der Waals surface area (Å²) in [5.74, 6) is -0.176. The van der Waals surface area contributed by atoms with Gasteiger partial charge < -0.3 is 10.6 Å². The van der Waals surface area contributed by atoms with Crippen molar-refractivity contribution < 1.29 is 4.79 Å². The fraction of sp³-hybridized carbons (Fsp3) is 0.538. The van der Waals surface area contributed by atoms with Gasteiger partial charge in [-0.1, -0.05) is 5.21 Å². The average molecular weight is 306 g/mol. The lowest BCUT2D eigenvalue weighted by Gasteiger charge is -2.22. The van der Waals surface area contributed by atoms with Gasteiger partial charge in [-0.25, -0.2) is 9.67 Å². The van der Waals surface area contributed by atoms with Crippen molar-refractivity contribution in [3.05, 3.63) is 28.5 Å². The molecule has 21 heavy (non-hydrogen) atoms. The standard InChI is InChI=1S/C13H18N6OS/c20-13(15-6-1-10-8-21-9-16-10)12-7-19(18-17-12)11-2-4-14-5-3-11/h7-9,11,14H,1-6H2,(H,15,20). The number of nitrogens with one attached hydrogen (secondary N) is 2. The molecule has 8 heteroatoms. The zero-order chi connectivity index (χ0) is 14.5. The Labute approximate surface area is 126 Å². The number of nitrogens with zero attached hydrogens (tertiary/aromatic N) is 4. The van der Waals surface area contributed by atoms with E-state index in [1.807, 2.05) is 10.1 Å². The highest BCUT2D eigenvalue weighted by Crippen LogP contribution is 2.16. The van der Waals surface area contributed by atoms with Crippen LogP contribution in [0.1, 0.15) is 35.1 Å². The van der Waals surface area contributed by atoms with Crippen molar-refractivity contribution in [2.24, 2.45) is 0 Å². The Balaban J connectivity index is 1.51. The van der Waals surface area contributed by atoms with E-state index in [2.05, 4.69) is 25.9 Å². The van der Waals surface area contributed by atoms with Crippen LogP contribution in [-0.2, 0) is 6.42 Å². The van der Waals surface area contributed by atoms with Gasteiger partial charge in [-0.15, -0.1) is 16.4 Å². The first kappa shape index (κ1) is 14.2. The number of rotatable bonds is 5. The molecule has 1 aliphatic heterocycles. The Morgan fingerprint density at radius 1 is 1.48 bits per heavy atom. The molecule has 0 saturated carbocycles. The highest BCUT2D eigenvalue weighted by molar-refractivity contribution is 7.07. The summed E-state index contributed by atoms with van der Waals surface area (Å²) in [6, 6.07) is 0.343. The topological polar surface area (TPSA) is 84.7 Å². The molecular weight excluding hydrogens is 288 g/mol. The van der Waals surface area contributed by atoms with E-state index in [1.54, 1.807) is 23.0 Å². The lowest BCUT2D eigenvalue weighted by Crippen LogP contribution is -2.29. The lowest BCUT2D eigenvalue weighted by atomic mass is 10.1. The molecule has 1 aliphatic rings. The summed E-state index contributed by atoms with van der Waals surface area (Å²) in [4.78, 5) is 16.2. The number of aromatic nitrogens is 4. The fourth-order valence-corrected chi connectivity index (χ4v) is 2.98. The molecule has 2 aromatic rings. The second-order valence-corrected chi connectivity index (χ2v) is 5.77. The Hall–Kier alpha value is -1.80. The maximum Gasteiger partial charge on any atom is 0.273 e. The van der Waals surface area contributed by atoms with E-state index in [9.17, 15) is 4.79 Å². The van der Waals surface area contributed by atoms with Gasteiger partial charge in [0.2, 0.25) is 0 Å². The van der Waals surface area contributed by atoms with Crippen LogP contribution in [0.2, 0.25) is 0 Å². The van der Waals surface area contributed by atoms with Gasteiger partial charge in [0.15, 0.2) is 5.69 Å². The van der Waals surface area contributed by atoms with Crippen molar-refractivity contribution >= 4 is 17.2 Å². The lowest BCUT2D eigenvalue weighted by molar-refractivity contribution is 0.0949. The second kappa shape index (κ2) is 6.77. The molecule has 7 nitrogen and oxygen atoms in total. The summed E-state index contributed by atoms with van der Waals surface area (Å²) in [7, 11) is 0. The fourth-order valence-electron chi connectivity index (χ4n) is 2.39. The molecule has 2 aromatic heterocycles. The minimum atomic E-state index is -0.176. The molecule has 0 atom stereocenters. The van der Waals surface area contributed by atoms with Crippen LogP contribution in [0.15, 0.2) is 17.1 Å². The maximum atomic E-state index is 12.0. The molecule has 0 aromatic carbocycles. The third-order valence-electron chi connectivity index (χ3n) is 3.58. The quantitative estimate of drug-likeness (QED) is 0.846. The van der Waals surface area contributed by atoms with Gasteiger partial charge in [0, 0.05) is 18.3 Å².